The largest absolute Gasteiger partial charge is 0.418 e. The van der Waals surface area contributed by atoms with E-state index in [0.717, 1.165) is 12.3 Å². The molecule has 0 N–H and O–H groups in total. The molecule has 1 saturated heterocycles. The predicted octanol–water partition coefficient (Wildman–Crippen LogP) is 1.79. The van der Waals surface area contributed by atoms with Gasteiger partial charge in [0.25, 0.3) is 0 Å². The van der Waals surface area contributed by atoms with Crippen LogP contribution in [0.25, 0.3) is 0 Å². The van der Waals surface area contributed by atoms with E-state index in [0.29, 0.717) is 0 Å². The van der Waals surface area contributed by atoms with Crippen LogP contribution in [0, 0.1) is 0 Å². The van der Waals surface area contributed by atoms with Crippen LogP contribution in [0.2, 0.25) is 0 Å². The molecule has 0 atom stereocenters. The van der Waals surface area contributed by atoms with Crippen molar-refractivity contribution in [3.05, 3.63) is 29.8 Å². The van der Waals surface area contributed by atoms with Gasteiger partial charge in [-0.15, -0.1) is 0 Å². The van der Waals surface area contributed by atoms with Crippen LogP contribution in [0.3, 0.4) is 0 Å². The number of hydrogen-bond donors (Lipinski definition) is 0. The Morgan fingerprint density at radius 2 is 1.60 bits per heavy atom. The number of halogens is 3. The maximum atomic E-state index is 12.9. The van der Waals surface area contributed by atoms with Gasteiger partial charge in [0, 0.05) is 31.9 Å². The lowest BCUT2D eigenvalue weighted by atomic mass is 10.1. The summed E-state index contributed by atoms with van der Waals surface area (Å²) in [6.07, 6.45) is -3.31. The Morgan fingerprint density at radius 3 is 2.10 bits per heavy atom. The van der Waals surface area contributed by atoms with Crippen molar-refractivity contribution < 1.29 is 21.6 Å². The van der Waals surface area contributed by atoms with Gasteiger partial charge >= 0.3 is 6.18 Å². The summed E-state index contributed by atoms with van der Waals surface area (Å²) in [6, 6.07) is 5.35. The van der Waals surface area contributed by atoms with Gasteiger partial charge in [-0.1, -0.05) is 12.1 Å². The highest BCUT2D eigenvalue weighted by atomic mass is 32.2. The normalized spacial score (nSPS) is 18.3. The summed E-state index contributed by atoms with van der Waals surface area (Å²) < 4.78 is 62.9. The van der Waals surface area contributed by atoms with Crippen molar-refractivity contribution in [3.63, 3.8) is 0 Å². The zero-order valence-corrected chi connectivity index (χ0v) is 11.7. The highest BCUT2D eigenvalue weighted by Crippen LogP contribution is 2.36. The molecule has 1 aliphatic rings. The quantitative estimate of drug-likeness (QED) is 0.836. The lowest BCUT2D eigenvalue weighted by molar-refractivity contribution is -0.137. The van der Waals surface area contributed by atoms with E-state index in [9.17, 15) is 21.6 Å². The number of anilines is 1. The minimum absolute atomic E-state index is 0.105. The van der Waals surface area contributed by atoms with E-state index in [-0.39, 0.29) is 31.9 Å². The van der Waals surface area contributed by atoms with Crippen LogP contribution in [0.1, 0.15) is 5.56 Å². The minimum atomic E-state index is -4.41. The standard InChI is InChI=1S/C12H15F3N2O2S/c1-20(18,19)17-8-6-16(7-9-17)11-5-3-2-4-10(11)12(13,14)15/h2-5H,6-9H2,1H3. The molecule has 112 valence electrons. The molecule has 0 aliphatic carbocycles. The molecule has 0 amide bonds. The first-order valence-electron chi connectivity index (χ1n) is 6.06. The van der Waals surface area contributed by atoms with E-state index in [1.165, 1.54) is 16.4 Å². The molecule has 0 radical (unpaired) electrons. The van der Waals surface area contributed by atoms with Gasteiger partial charge in [0.05, 0.1) is 11.8 Å². The van der Waals surface area contributed by atoms with Crippen molar-refractivity contribution in [2.24, 2.45) is 0 Å². The molecule has 8 heteroatoms. The Labute approximate surface area is 115 Å². The van der Waals surface area contributed by atoms with Crippen LogP contribution in [-0.2, 0) is 16.2 Å². The maximum Gasteiger partial charge on any atom is 0.418 e. The summed E-state index contributed by atoms with van der Waals surface area (Å²) >= 11 is 0. The molecule has 0 aromatic heterocycles. The van der Waals surface area contributed by atoms with E-state index >= 15 is 0 Å². The average molecular weight is 308 g/mol. The van der Waals surface area contributed by atoms with E-state index in [1.807, 2.05) is 0 Å². The van der Waals surface area contributed by atoms with E-state index in [4.69, 9.17) is 0 Å². The molecule has 0 saturated carbocycles. The Hall–Kier alpha value is -1.28. The van der Waals surface area contributed by atoms with Gasteiger partial charge in [-0.25, -0.2) is 8.42 Å². The molecule has 20 heavy (non-hydrogen) atoms. The van der Waals surface area contributed by atoms with Crippen LogP contribution in [0.15, 0.2) is 24.3 Å². The van der Waals surface area contributed by atoms with Crippen LogP contribution < -0.4 is 4.90 Å². The lowest BCUT2D eigenvalue weighted by Crippen LogP contribution is -2.48. The molecule has 1 aromatic rings. The SMILES string of the molecule is CS(=O)(=O)N1CCN(c2ccccc2C(F)(F)F)CC1. The molecule has 4 nitrogen and oxygen atoms in total. The Morgan fingerprint density at radius 1 is 1.05 bits per heavy atom. The van der Waals surface area contributed by atoms with Gasteiger partial charge in [0.15, 0.2) is 0 Å². The third-order valence-electron chi connectivity index (χ3n) is 3.26. The fourth-order valence-electron chi connectivity index (χ4n) is 2.25. The number of hydrogen-bond acceptors (Lipinski definition) is 3. The number of sulfonamides is 1. The molecule has 0 spiro atoms. The molecule has 0 bridgehead atoms. The fourth-order valence-corrected chi connectivity index (χ4v) is 3.08. The number of nitrogens with zero attached hydrogens (tertiary/aromatic N) is 2. The first-order valence-corrected chi connectivity index (χ1v) is 7.91. The van der Waals surface area contributed by atoms with Crippen molar-refractivity contribution in [2.75, 3.05) is 37.3 Å². The number of rotatable bonds is 2. The molecule has 1 aliphatic heterocycles. The highest BCUT2D eigenvalue weighted by Gasteiger charge is 2.35. The Balaban J connectivity index is 2.20. The van der Waals surface area contributed by atoms with Crippen LogP contribution in [0.5, 0.6) is 0 Å². The van der Waals surface area contributed by atoms with Crippen molar-refractivity contribution in [1.29, 1.82) is 0 Å². The van der Waals surface area contributed by atoms with Crippen molar-refractivity contribution in [1.82, 2.24) is 4.31 Å². The van der Waals surface area contributed by atoms with Crippen molar-refractivity contribution >= 4 is 15.7 Å². The van der Waals surface area contributed by atoms with E-state index in [2.05, 4.69) is 0 Å². The minimum Gasteiger partial charge on any atom is -0.368 e. The van der Waals surface area contributed by atoms with Crippen molar-refractivity contribution in [3.8, 4) is 0 Å². The summed E-state index contributed by atoms with van der Waals surface area (Å²) in [4.78, 5) is 1.57. The second kappa shape index (κ2) is 5.25. The topological polar surface area (TPSA) is 40.6 Å². The number of para-hydroxylation sites is 1. The fraction of sp³-hybridized carbons (Fsp3) is 0.500. The summed E-state index contributed by atoms with van der Waals surface area (Å²) in [7, 11) is -3.29. The molecular formula is C12H15F3N2O2S. The first kappa shape index (κ1) is 15.1. The molecule has 1 fully saturated rings. The van der Waals surface area contributed by atoms with Crippen LogP contribution >= 0.6 is 0 Å². The molecule has 0 unspecified atom stereocenters. The first-order chi connectivity index (χ1) is 9.19. The summed E-state index contributed by atoms with van der Waals surface area (Å²) in [5.74, 6) is 0. The van der Waals surface area contributed by atoms with Gasteiger partial charge in [-0.05, 0) is 12.1 Å². The smallest absolute Gasteiger partial charge is 0.368 e. The molecular weight excluding hydrogens is 293 g/mol. The number of alkyl halides is 3. The molecule has 1 aromatic carbocycles. The molecule has 1 heterocycles. The zero-order chi connectivity index (χ0) is 15.0. The lowest BCUT2D eigenvalue weighted by Gasteiger charge is -2.35. The zero-order valence-electron chi connectivity index (χ0n) is 10.9. The Bertz CT molecular complexity index is 579. The Kier molecular flexibility index (Phi) is 3.97. The molecule has 2 rings (SSSR count). The summed E-state index contributed by atoms with van der Waals surface area (Å²) in [5, 5.41) is 0. The van der Waals surface area contributed by atoms with Gasteiger partial charge in [-0.2, -0.15) is 17.5 Å². The summed E-state index contributed by atoms with van der Waals surface area (Å²) in [5.41, 5.74) is -0.582. The van der Waals surface area contributed by atoms with Gasteiger partial charge in [0.1, 0.15) is 0 Å². The number of benzene rings is 1. The van der Waals surface area contributed by atoms with Crippen molar-refractivity contribution in [2.45, 2.75) is 6.18 Å². The average Bonchev–Trinajstić information content (AvgIpc) is 2.37. The van der Waals surface area contributed by atoms with Crippen LogP contribution in [0.4, 0.5) is 18.9 Å². The van der Waals surface area contributed by atoms with Gasteiger partial charge in [-0.3, -0.25) is 0 Å². The monoisotopic (exact) mass is 308 g/mol. The van der Waals surface area contributed by atoms with E-state index in [1.54, 1.807) is 11.0 Å². The maximum absolute atomic E-state index is 12.9. The highest BCUT2D eigenvalue weighted by molar-refractivity contribution is 7.88. The number of piperazine rings is 1. The third kappa shape index (κ3) is 3.24. The second-order valence-electron chi connectivity index (χ2n) is 4.66. The van der Waals surface area contributed by atoms with E-state index < -0.39 is 21.8 Å². The summed E-state index contributed by atoms with van der Waals surface area (Å²) in [6.45, 7) is 0.899. The second-order valence-corrected chi connectivity index (χ2v) is 6.65. The van der Waals surface area contributed by atoms with Gasteiger partial charge < -0.3 is 4.90 Å². The third-order valence-corrected chi connectivity index (χ3v) is 4.56. The van der Waals surface area contributed by atoms with Crippen LogP contribution in [-0.4, -0.2) is 45.2 Å². The van der Waals surface area contributed by atoms with Gasteiger partial charge in [0.2, 0.25) is 10.0 Å². The predicted molar refractivity (Wildman–Crippen MR) is 70.1 cm³/mol.